The molecule has 39 heavy (non-hydrogen) atoms. The van der Waals surface area contributed by atoms with Crippen molar-refractivity contribution in [1.29, 1.82) is 0 Å². The second-order valence-electron chi connectivity index (χ2n) is 8.34. The van der Waals surface area contributed by atoms with Crippen molar-refractivity contribution in [2.24, 2.45) is 0 Å². The number of halogens is 1. The first kappa shape index (κ1) is 26.6. The number of ketones is 1. The molecule has 5 rings (SSSR count). The third-order valence-electron chi connectivity index (χ3n) is 5.82. The molecule has 11 heteroatoms. The van der Waals surface area contributed by atoms with Crippen LogP contribution >= 0.6 is 34.7 Å². The minimum Gasteiger partial charge on any atom is -0.507 e. The number of aliphatic hydroxyl groups is 1. The predicted molar refractivity (Wildman–Crippen MR) is 152 cm³/mol. The molecule has 1 unspecified atom stereocenters. The van der Waals surface area contributed by atoms with Gasteiger partial charge in [-0.3, -0.25) is 19.5 Å². The lowest BCUT2D eigenvalue weighted by Crippen LogP contribution is -2.29. The van der Waals surface area contributed by atoms with Crippen LogP contribution in [0.25, 0.3) is 5.76 Å². The van der Waals surface area contributed by atoms with Crippen LogP contribution < -0.4 is 9.64 Å². The number of carbonyl (C=O) groups excluding carboxylic acids is 2. The number of amides is 1. The maximum absolute atomic E-state index is 13.4. The molecular formula is C28H21ClN4O4S2. The Bertz CT molecular complexity index is 1560. The number of anilines is 1. The number of carbonyl (C=O) groups is 2. The van der Waals surface area contributed by atoms with Crippen LogP contribution in [0, 0.1) is 0 Å². The smallest absolute Gasteiger partial charge is 0.301 e. The van der Waals surface area contributed by atoms with Gasteiger partial charge in [0.15, 0.2) is 4.34 Å². The summed E-state index contributed by atoms with van der Waals surface area (Å²) in [7, 11) is 0. The molecule has 0 saturated carbocycles. The molecule has 0 bridgehead atoms. The van der Waals surface area contributed by atoms with E-state index in [-0.39, 0.29) is 23.1 Å². The Morgan fingerprint density at radius 2 is 1.90 bits per heavy atom. The lowest BCUT2D eigenvalue weighted by atomic mass is 9.95. The zero-order valence-corrected chi connectivity index (χ0v) is 22.7. The Morgan fingerprint density at radius 3 is 2.64 bits per heavy atom. The highest BCUT2D eigenvalue weighted by Gasteiger charge is 2.48. The molecule has 2 aromatic carbocycles. The van der Waals surface area contributed by atoms with E-state index in [1.807, 2.05) is 24.3 Å². The summed E-state index contributed by atoms with van der Waals surface area (Å²) in [6.45, 7) is 3.95. The van der Waals surface area contributed by atoms with E-state index < -0.39 is 17.7 Å². The summed E-state index contributed by atoms with van der Waals surface area (Å²) in [5.74, 6) is -0.782. The summed E-state index contributed by atoms with van der Waals surface area (Å²) >= 11 is 8.62. The highest BCUT2D eigenvalue weighted by molar-refractivity contribution is 8.00. The maximum Gasteiger partial charge on any atom is 0.301 e. The molecule has 3 heterocycles. The third kappa shape index (κ3) is 5.73. The summed E-state index contributed by atoms with van der Waals surface area (Å²) in [6, 6.07) is 16.7. The Morgan fingerprint density at radius 1 is 1.13 bits per heavy atom. The van der Waals surface area contributed by atoms with Gasteiger partial charge in [-0.15, -0.1) is 10.2 Å². The lowest BCUT2D eigenvalue weighted by molar-refractivity contribution is -0.132. The van der Waals surface area contributed by atoms with Gasteiger partial charge in [0.1, 0.15) is 18.1 Å². The van der Waals surface area contributed by atoms with Gasteiger partial charge in [0, 0.05) is 28.7 Å². The summed E-state index contributed by atoms with van der Waals surface area (Å²) in [5, 5.41) is 20.6. The van der Waals surface area contributed by atoms with Gasteiger partial charge < -0.3 is 9.84 Å². The number of ether oxygens (including phenoxy) is 1. The maximum atomic E-state index is 13.4. The van der Waals surface area contributed by atoms with Crippen LogP contribution in [0.2, 0.25) is 5.02 Å². The van der Waals surface area contributed by atoms with Crippen LogP contribution in [0.4, 0.5) is 5.13 Å². The third-order valence-corrected chi connectivity index (χ3v) is 8.20. The average Bonchev–Trinajstić information content (AvgIpc) is 3.53. The van der Waals surface area contributed by atoms with Gasteiger partial charge in [-0.2, -0.15) is 0 Å². The Kier molecular flexibility index (Phi) is 8.06. The van der Waals surface area contributed by atoms with E-state index in [0.29, 0.717) is 32.0 Å². The number of benzene rings is 2. The first-order valence-corrected chi connectivity index (χ1v) is 13.9. The number of pyridine rings is 1. The molecule has 1 saturated heterocycles. The molecule has 196 valence electrons. The van der Waals surface area contributed by atoms with Crippen LogP contribution in [0.3, 0.4) is 0 Å². The van der Waals surface area contributed by atoms with Crippen molar-refractivity contribution in [1.82, 2.24) is 15.2 Å². The van der Waals surface area contributed by atoms with E-state index in [1.54, 1.807) is 42.5 Å². The van der Waals surface area contributed by atoms with Gasteiger partial charge in [0.25, 0.3) is 5.78 Å². The van der Waals surface area contributed by atoms with Gasteiger partial charge in [0.2, 0.25) is 5.13 Å². The predicted octanol–water partition coefficient (Wildman–Crippen LogP) is 6.07. The number of hydrogen-bond acceptors (Lipinski definition) is 9. The monoisotopic (exact) mass is 576 g/mol. The molecule has 1 atom stereocenters. The quantitative estimate of drug-likeness (QED) is 0.0639. The minimum absolute atomic E-state index is 0.0577. The van der Waals surface area contributed by atoms with E-state index in [0.717, 1.165) is 5.56 Å². The Hall–Kier alpha value is -3.99. The zero-order chi connectivity index (χ0) is 27.4. The Balaban J connectivity index is 1.54. The minimum atomic E-state index is -0.951. The summed E-state index contributed by atoms with van der Waals surface area (Å²) in [6.07, 6.45) is 4.62. The van der Waals surface area contributed by atoms with Crippen LogP contribution in [0.15, 0.2) is 95.6 Å². The molecule has 1 N–H and O–H groups in total. The molecule has 1 aliphatic heterocycles. The van der Waals surface area contributed by atoms with Crippen LogP contribution in [0.1, 0.15) is 22.7 Å². The van der Waals surface area contributed by atoms with Crippen molar-refractivity contribution in [3.63, 3.8) is 0 Å². The van der Waals surface area contributed by atoms with Gasteiger partial charge in [-0.1, -0.05) is 71.6 Å². The van der Waals surface area contributed by atoms with Gasteiger partial charge in [-0.05, 0) is 47.5 Å². The van der Waals surface area contributed by atoms with Gasteiger partial charge in [-0.25, -0.2) is 0 Å². The van der Waals surface area contributed by atoms with Gasteiger partial charge in [0.05, 0.1) is 11.6 Å². The van der Waals surface area contributed by atoms with Crippen molar-refractivity contribution in [3.05, 3.63) is 113 Å². The van der Waals surface area contributed by atoms with E-state index in [4.69, 9.17) is 16.3 Å². The first-order chi connectivity index (χ1) is 19.0. The van der Waals surface area contributed by atoms with Crippen molar-refractivity contribution in [2.45, 2.75) is 16.1 Å². The number of nitrogens with zero attached hydrogens (tertiary/aromatic N) is 4. The first-order valence-electron chi connectivity index (χ1n) is 11.7. The fourth-order valence-corrected chi connectivity index (χ4v) is 5.97. The molecule has 0 radical (unpaired) electrons. The fraction of sp³-hybridized carbons (Fsp3) is 0.107. The van der Waals surface area contributed by atoms with Crippen molar-refractivity contribution in [3.8, 4) is 5.75 Å². The highest BCUT2D eigenvalue weighted by Crippen LogP contribution is 2.44. The summed E-state index contributed by atoms with van der Waals surface area (Å²) in [5.41, 5.74) is 1.92. The van der Waals surface area contributed by atoms with Crippen molar-refractivity contribution >= 4 is 57.3 Å². The molecule has 2 aromatic heterocycles. The number of Topliss-reactive ketones (excluding diaryl/α,β-unsaturated/α-hetero) is 1. The average molecular weight is 577 g/mol. The second-order valence-corrected chi connectivity index (χ2v) is 11.0. The van der Waals surface area contributed by atoms with E-state index in [2.05, 4.69) is 21.8 Å². The SMILES string of the molecule is C=CCOc1cccc(C2/C(=C(\O)c3ccncc3)C(=O)C(=O)N2c2nnc(SCc3ccc(Cl)cc3)s2)c1. The normalized spacial score (nSPS) is 16.4. The van der Waals surface area contributed by atoms with Gasteiger partial charge >= 0.3 is 5.91 Å². The lowest BCUT2D eigenvalue weighted by Gasteiger charge is -2.23. The number of aromatic nitrogens is 3. The number of hydrogen-bond donors (Lipinski definition) is 1. The summed E-state index contributed by atoms with van der Waals surface area (Å²) < 4.78 is 6.31. The van der Waals surface area contributed by atoms with Crippen LogP contribution in [-0.4, -0.2) is 38.6 Å². The molecule has 0 spiro atoms. The molecule has 8 nitrogen and oxygen atoms in total. The van der Waals surface area contributed by atoms with Crippen molar-refractivity contribution in [2.75, 3.05) is 11.5 Å². The zero-order valence-electron chi connectivity index (χ0n) is 20.4. The standard InChI is InChI=1S/C28H21ClN4O4S2/c1-2-14-37-21-5-3-4-19(15-21)23-22(24(34)18-10-12-30-13-11-18)25(35)26(36)33(23)27-31-32-28(39-27)38-16-17-6-8-20(29)9-7-17/h2-13,15,23,34H,1,14,16H2/b24-22+. The molecule has 1 aliphatic rings. The van der Waals surface area contributed by atoms with Crippen LogP contribution in [-0.2, 0) is 15.3 Å². The molecule has 0 aliphatic carbocycles. The summed E-state index contributed by atoms with van der Waals surface area (Å²) in [4.78, 5) is 32.0. The topological polar surface area (TPSA) is 106 Å². The molecular weight excluding hydrogens is 556 g/mol. The number of rotatable bonds is 9. The number of aliphatic hydroxyl groups excluding tert-OH is 1. The number of thioether (sulfide) groups is 1. The van der Waals surface area contributed by atoms with E-state index >= 15 is 0 Å². The molecule has 4 aromatic rings. The van der Waals surface area contributed by atoms with E-state index in [9.17, 15) is 14.7 Å². The largest absolute Gasteiger partial charge is 0.507 e. The molecule has 1 fully saturated rings. The van der Waals surface area contributed by atoms with E-state index in [1.165, 1.54) is 40.4 Å². The molecule has 1 amide bonds. The fourth-order valence-electron chi connectivity index (χ4n) is 4.02. The highest BCUT2D eigenvalue weighted by atomic mass is 35.5. The second kappa shape index (κ2) is 11.8. The van der Waals surface area contributed by atoms with Crippen molar-refractivity contribution < 1.29 is 19.4 Å². The Labute approximate surface area is 237 Å². The van der Waals surface area contributed by atoms with Crippen LogP contribution in [0.5, 0.6) is 5.75 Å².